The van der Waals surface area contributed by atoms with Crippen LogP contribution in [0.4, 0.5) is 5.69 Å². The van der Waals surface area contributed by atoms with Crippen LogP contribution in [-0.2, 0) is 12.8 Å². The SMILES string of the molecule is O=C(NN=Cc1cccc([N+](=O)[O-])c1)c1[nH]nc2c1CCc1ccccc1-2. The summed E-state index contributed by atoms with van der Waals surface area (Å²) < 4.78 is 0. The van der Waals surface area contributed by atoms with E-state index in [-0.39, 0.29) is 5.69 Å². The fourth-order valence-corrected chi connectivity index (χ4v) is 3.19. The first-order chi connectivity index (χ1) is 13.1. The summed E-state index contributed by atoms with van der Waals surface area (Å²) in [5.41, 5.74) is 7.23. The number of aromatic nitrogens is 2. The van der Waals surface area contributed by atoms with Crippen molar-refractivity contribution in [2.75, 3.05) is 0 Å². The van der Waals surface area contributed by atoms with E-state index in [2.05, 4.69) is 26.8 Å². The van der Waals surface area contributed by atoms with E-state index in [4.69, 9.17) is 0 Å². The lowest BCUT2D eigenvalue weighted by Crippen LogP contribution is -2.20. The first-order valence-electron chi connectivity index (χ1n) is 8.37. The van der Waals surface area contributed by atoms with Crippen molar-refractivity contribution in [3.63, 3.8) is 0 Å². The number of fused-ring (bicyclic) bond motifs is 3. The molecule has 27 heavy (non-hydrogen) atoms. The molecule has 4 rings (SSSR count). The highest BCUT2D eigenvalue weighted by molar-refractivity contribution is 5.96. The van der Waals surface area contributed by atoms with Crippen LogP contribution < -0.4 is 5.43 Å². The summed E-state index contributed by atoms with van der Waals surface area (Å²) in [5.74, 6) is -0.398. The number of H-pyrrole nitrogens is 1. The lowest BCUT2D eigenvalue weighted by Gasteiger charge is -2.15. The second-order valence-electron chi connectivity index (χ2n) is 6.13. The monoisotopic (exact) mass is 361 g/mol. The quantitative estimate of drug-likeness (QED) is 0.422. The maximum atomic E-state index is 12.5. The van der Waals surface area contributed by atoms with Crippen LogP contribution in [-0.4, -0.2) is 27.2 Å². The van der Waals surface area contributed by atoms with Gasteiger partial charge in [-0.15, -0.1) is 0 Å². The predicted octanol–water partition coefficient (Wildman–Crippen LogP) is 2.85. The number of carbonyl (C=O) groups is 1. The Balaban J connectivity index is 1.51. The number of nitro groups is 1. The van der Waals surface area contributed by atoms with Gasteiger partial charge in [0.25, 0.3) is 11.6 Å². The number of non-ortho nitro benzene ring substituents is 1. The Kier molecular flexibility index (Phi) is 4.21. The molecule has 8 nitrogen and oxygen atoms in total. The molecular formula is C19H15N5O3. The first-order valence-corrected chi connectivity index (χ1v) is 8.37. The van der Waals surface area contributed by atoms with Crippen LogP contribution in [0.15, 0.2) is 53.6 Å². The molecule has 0 aliphatic heterocycles. The van der Waals surface area contributed by atoms with Crippen LogP contribution in [0.3, 0.4) is 0 Å². The van der Waals surface area contributed by atoms with E-state index in [9.17, 15) is 14.9 Å². The van der Waals surface area contributed by atoms with Crippen molar-refractivity contribution in [2.45, 2.75) is 12.8 Å². The number of nitro benzene ring substituents is 1. The summed E-state index contributed by atoms with van der Waals surface area (Å²) in [5, 5.41) is 21.8. The van der Waals surface area contributed by atoms with Crippen molar-refractivity contribution in [1.82, 2.24) is 15.6 Å². The number of aryl methyl sites for hydroxylation is 1. The van der Waals surface area contributed by atoms with Crippen molar-refractivity contribution in [3.8, 4) is 11.3 Å². The van der Waals surface area contributed by atoms with Crippen molar-refractivity contribution in [1.29, 1.82) is 0 Å². The van der Waals surface area contributed by atoms with Crippen LogP contribution in [0.1, 0.15) is 27.2 Å². The molecule has 1 heterocycles. The molecule has 3 aromatic rings. The summed E-state index contributed by atoms with van der Waals surface area (Å²) in [6, 6.07) is 14.0. The average Bonchev–Trinajstić information content (AvgIpc) is 3.13. The summed E-state index contributed by atoms with van der Waals surface area (Å²) in [6.45, 7) is 0. The highest BCUT2D eigenvalue weighted by Gasteiger charge is 2.24. The Morgan fingerprint density at radius 2 is 2.07 bits per heavy atom. The molecule has 2 aromatic carbocycles. The van der Waals surface area contributed by atoms with Crippen LogP contribution in [0.5, 0.6) is 0 Å². The van der Waals surface area contributed by atoms with E-state index in [0.29, 0.717) is 11.3 Å². The Hall–Kier alpha value is -3.81. The number of nitrogens with one attached hydrogen (secondary N) is 2. The minimum atomic E-state index is -0.482. The Morgan fingerprint density at radius 1 is 1.22 bits per heavy atom. The average molecular weight is 361 g/mol. The van der Waals surface area contributed by atoms with Crippen LogP contribution in [0, 0.1) is 10.1 Å². The Morgan fingerprint density at radius 3 is 2.93 bits per heavy atom. The topological polar surface area (TPSA) is 113 Å². The van der Waals surface area contributed by atoms with Crippen LogP contribution in [0.2, 0.25) is 0 Å². The molecule has 0 fully saturated rings. The van der Waals surface area contributed by atoms with Gasteiger partial charge >= 0.3 is 0 Å². The van der Waals surface area contributed by atoms with Gasteiger partial charge in [0.05, 0.1) is 16.8 Å². The van der Waals surface area contributed by atoms with Crippen LogP contribution in [0.25, 0.3) is 11.3 Å². The second-order valence-corrected chi connectivity index (χ2v) is 6.13. The number of hydrazone groups is 1. The largest absolute Gasteiger partial charge is 0.289 e. The second kappa shape index (κ2) is 6.83. The van der Waals surface area contributed by atoms with Crippen molar-refractivity contribution in [3.05, 3.63) is 81.0 Å². The number of rotatable bonds is 4. The van der Waals surface area contributed by atoms with Gasteiger partial charge < -0.3 is 0 Å². The highest BCUT2D eigenvalue weighted by Crippen LogP contribution is 2.33. The summed E-state index contributed by atoms with van der Waals surface area (Å²) >= 11 is 0. The molecule has 0 atom stereocenters. The zero-order chi connectivity index (χ0) is 18.8. The van der Waals surface area contributed by atoms with E-state index < -0.39 is 10.8 Å². The predicted molar refractivity (Wildman–Crippen MR) is 99.6 cm³/mol. The van der Waals surface area contributed by atoms with E-state index >= 15 is 0 Å². The molecule has 0 saturated carbocycles. The van der Waals surface area contributed by atoms with Crippen molar-refractivity contribution >= 4 is 17.8 Å². The Bertz CT molecular complexity index is 1070. The van der Waals surface area contributed by atoms with Gasteiger partial charge in [-0.2, -0.15) is 10.2 Å². The van der Waals surface area contributed by atoms with E-state index in [1.165, 1.54) is 23.9 Å². The molecule has 1 amide bonds. The molecule has 1 aliphatic rings. The molecule has 1 aliphatic carbocycles. The van der Waals surface area contributed by atoms with Crippen molar-refractivity contribution < 1.29 is 9.72 Å². The zero-order valence-electron chi connectivity index (χ0n) is 14.2. The molecule has 0 unspecified atom stereocenters. The lowest BCUT2D eigenvalue weighted by atomic mass is 9.89. The fourth-order valence-electron chi connectivity index (χ4n) is 3.19. The van der Waals surface area contributed by atoms with Gasteiger partial charge in [0.2, 0.25) is 0 Å². The number of amides is 1. The number of aromatic amines is 1. The van der Waals surface area contributed by atoms with Gasteiger partial charge in [0, 0.05) is 28.8 Å². The molecule has 1 aromatic heterocycles. The molecule has 0 bridgehead atoms. The first kappa shape index (κ1) is 16.6. The van der Waals surface area contributed by atoms with Gasteiger partial charge in [-0.25, -0.2) is 5.43 Å². The van der Waals surface area contributed by atoms with Gasteiger partial charge in [-0.3, -0.25) is 20.0 Å². The minimum Gasteiger partial charge on any atom is -0.272 e. The molecule has 0 saturated heterocycles. The normalized spacial score (nSPS) is 12.4. The summed E-state index contributed by atoms with van der Waals surface area (Å²) in [6.07, 6.45) is 2.93. The van der Waals surface area contributed by atoms with Gasteiger partial charge in [0.15, 0.2) is 0 Å². The maximum absolute atomic E-state index is 12.5. The van der Waals surface area contributed by atoms with Gasteiger partial charge in [-0.1, -0.05) is 36.4 Å². The fraction of sp³-hybridized carbons (Fsp3) is 0.105. The highest BCUT2D eigenvalue weighted by atomic mass is 16.6. The molecule has 0 radical (unpaired) electrons. The number of hydrogen-bond donors (Lipinski definition) is 2. The lowest BCUT2D eigenvalue weighted by molar-refractivity contribution is -0.384. The number of benzene rings is 2. The molecule has 8 heteroatoms. The number of hydrogen-bond acceptors (Lipinski definition) is 5. The van der Waals surface area contributed by atoms with E-state index in [0.717, 1.165) is 29.7 Å². The number of nitrogens with zero attached hydrogens (tertiary/aromatic N) is 3. The Labute approximate surface area is 154 Å². The van der Waals surface area contributed by atoms with Crippen LogP contribution >= 0.6 is 0 Å². The third kappa shape index (κ3) is 3.20. The van der Waals surface area contributed by atoms with Gasteiger partial charge in [0.1, 0.15) is 5.69 Å². The summed E-state index contributed by atoms with van der Waals surface area (Å²) in [4.78, 5) is 22.8. The van der Waals surface area contributed by atoms with E-state index in [1.807, 2.05) is 18.2 Å². The molecule has 134 valence electrons. The third-order valence-corrected chi connectivity index (χ3v) is 4.47. The smallest absolute Gasteiger partial charge is 0.272 e. The molecular weight excluding hydrogens is 346 g/mol. The maximum Gasteiger partial charge on any atom is 0.289 e. The molecule has 2 N–H and O–H groups in total. The number of carbonyl (C=O) groups excluding carboxylic acids is 1. The minimum absolute atomic E-state index is 0.0356. The van der Waals surface area contributed by atoms with E-state index in [1.54, 1.807) is 12.1 Å². The third-order valence-electron chi connectivity index (χ3n) is 4.47. The van der Waals surface area contributed by atoms with Gasteiger partial charge in [-0.05, 0) is 18.4 Å². The van der Waals surface area contributed by atoms with Crippen molar-refractivity contribution in [2.24, 2.45) is 5.10 Å². The summed E-state index contributed by atoms with van der Waals surface area (Å²) in [7, 11) is 0. The molecule has 0 spiro atoms. The standard InChI is InChI=1S/C19H15N5O3/c25-19(23-20-11-12-4-3-6-14(10-12)24(26)27)18-16-9-8-13-5-1-2-7-15(13)17(16)21-22-18/h1-7,10-11H,8-9H2,(H,21,22)(H,23,25). The zero-order valence-corrected chi connectivity index (χ0v) is 14.2.